The van der Waals surface area contributed by atoms with Crippen molar-refractivity contribution in [2.24, 2.45) is 0 Å². The molecule has 4 heterocycles. The minimum Gasteiger partial charge on any atom is -0.491 e. The SMILES string of the molecule is F[C@H]1CCN([C@H]2COc3ccccc3[C@@H]2Nc2ccnc3nc(C(F)(F)F)nn23)C1. The van der Waals surface area contributed by atoms with Gasteiger partial charge in [0.15, 0.2) is 0 Å². The first kappa shape index (κ1) is 19.0. The Morgan fingerprint density at radius 3 is 2.77 bits per heavy atom. The average Bonchev–Trinajstić information content (AvgIpc) is 3.35. The first-order valence-corrected chi connectivity index (χ1v) is 9.55. The predicted octanol–water partition coefficient (Wildman–Crippen LogP) is 3.10. The molecule has 5 rings (SSSR count). The second-order valence-corrected chi connectivity index (χ2v) is 7.39. The number of anilines is 1. The van der Waals surface area contributed by atoms with Crippen molar-refractivity contribution in [1.29, 1.82) is 0 Å². The molecular weight excluding hydrogens is 404 g/mol. The molecule has 0 spiro atoms. The number of fused-ring (bicyclic) bond motifs is 2. The number of para-hydroxylation sites is 1. The Labute approximate surface area is 168 Å². The van der Waals surface area contributed by atoms with Crippen molar-refractivity contribution in [1.82, 2.24) is 24.5 Å². The quantitative estimate of drug-likeness (QED) is 0.655. The highest BCUT2D eigenvalue weighted by atomic mass is 19.4. The monoisotopic (exact) mass is 422 g/mol. The standard InChI is InChI=1S/C19H18F4N6O/c20-11-6-8-28(9-11)13-10-30-14-4-2-1-3-12(14)16(13)25-15-5-7-24-18-26-17(19(21,22)23)27-29(15)18/h1-5,7,11,13,16,25H,6,8-10H2/t11-,13-,16-/m0/s1. The van der Waals surface area contributed by atoms with Crippen LogP contribution in [0.15, 0.2) is 36.5 Å². The molecular formula is C19H18F4N6O. The van der Waals surface area contributed by atoms with E-state index in [4.69, 9.17) is 4.74 Å². The van der Waals surface area contributed by atoms with E-state index in [0.29, 0.717) is 37.7 Å². The van der Waals surface area contributed by atoms with Crippen LogP contribution in [0.3, 0.4) is 0 Å². The van der Waals surface area contributed by atoms with E-state index < -0.39 is 18.2 Å². The molecule has 2 aromatic heterocycles. The van der Waals surface area contributed by atoms with E-state index in [9.17, 15) is 17.6 Å². The number of nitrogens with one attached hydrogen (secondary N) is 1. The van der Waals surface area contributed by atoms with E-state index in [2.05, 4.69) is 20.4 Å². The van der Waals surface area contributed by atoms with Gasteiger partial charge >= 0.3 is 6.18 Å². The second-order valence-electron chi connectivity index (χ2n) is 7.39. The zero-order chi connectivity index (χ0) is 20.9. The Morgan fingerprint density at radius 2 is 2.00 bits per heavy atom. The average molecular weight is 422 g/mol. The van der Waals surface area contributed by atoms with E-state index in [1.807, 2.05) is 29.2 Å². The third kappa shape index (κ3) is 3.32. The van der Waals surface area contributed by atoms with Crippen LogP contribution in [0.2, 0.25) is 0 Å². The van der Waals surface area contributed by atoms with Crippen molar-refractivity contribution in [2.45, 2.75) is 30.9 Å². The zero-order valence-electron chi connectivity index (χ0n) is 15.7. The molecule has 7 nitrogen and oxygen atoms in total. The minimum atomic E-state index is -4.68. The number of halogens is 4. The highest BCUT2D eigenvalue weighted by Crippen LogP contribution is 2.38. The lowest BCUT2D eigenvalue weighted by molar-refractivity contribution is -0.144. The van der Waals surface area contributed by atoms with E-state index in [0.717, 1.165) is 10.1 Å². The lowest BCUT2D eigenvalue weighted by Gasteiger charge is -2.39. The van der Waals surface area contributed by atoms with Crippen molar-refractivity contribution in [3.8, 4) is 5.75 Å². The highest BCUT2D eigenvalue weighted by molar-refractivity contribution is 5.49. The maximum Gasteiger partial charge on any atom is 0.453 e. The summed E-state index contributed by atoms with van der Waals surface area (Å²) in [5.74, 6) is -0.421. The first-order chi connectivity index (χ1) is 14.4. The Balaban J connectivity index is 1.54. The molecule has 0 amide bonds. The van der Waals surface area contributed by atoms with Crippen LogP contribution < -0.4 is 10.1 Å². The van der Waals surface area contributed by atoms with Crippen LogP contribution in [0.5, 0.6) is 5.75 Å². The third-order valence-corrected chi connectivity index (χ3v) is 5.48. The van der Waals surface area contributed by atoms with Gasteiger partial charge in [-0.3, -0.25) is 4.90 Å². The summed E-state index contributed by atoms with van der Waals surface area (Å²) >= 11 is 0. The molecule has 0 aliphatic carbocycles. The van der Waals surface area contributed by atoms with Gasteiger partial charge in [0.25, 0.3) is 11.6 Å². The summed E-state index contributed by atoms with van der Waals surface area (Å²) in [4.78, 5) is 9.38. The summed E-state index contributed by atoms with van der Waals surface area (Å²) in [6, 6.07) is 8.43. The maximum absolute atomic E-state index is 13.9. The molecule has 0 radical (unpaired) electrons. The van der Waals surface area contributed by atoms with Crippen molar-refractivity contribution >= 4 is 11.6 Å². The van der Waals surface area contributed by atoms with Crippen molar-refractivity contribution < 1.29 is 22.3 Å². The number of aromatic nitrogens is 4. The molecule has 2 aliphatic heterocycles. The first-order valence-electron chi connectivity index (χ1n) is 9.55. The number of alkyl halides is 4. The number of ether oxygens (including phenoxy) is 1. The molecule has 1 aromatic carbocycles. The molecule has 1 saturated heterocycles. The van der Waals surface area contributed by atoms with Crippen LogP contribution in [0.1, 0.15) is 23.9 Å². The Morgan fingerprint density at radius 1 is 1.17 bits per heavy atom. The molecule has 3 aromatic rings. The number of rotatable bonds is 3. The number of likely N-dealkylation sites (tertiary alicyclic amines) is 1. The fraction of sp³-hybridized carbons (Fsp3) is 0.421. The lowest BCUT2D eigenvalue weighted by atomic mass is 9.95. The molecule has 0 bridgehead atoms. The third-order valence-electron chi connectivity index (χ3n) is 5.48. The number of benzene rings is 1. The Kier molecular flexibility index (Phi) is 4.49. The largest absolute Gasteiger partial charge is 0.491 e. The van der Waals surface area contributed by atoms with Gasteiger partial charge in [0.1, 0.15) is 24.3 Å². The van der Waals surface area contributed by atoms with Crippen LogP contribution in [-0.2, 0) is 6.18 Å². The molecule has 158 valence electrons. The predicted molar refractivity (Wildman–Crippen MR) is 99.0 cm³/mol. The molecule has 30 heavy (non-hydrogen) atoms. The van der Waals surface area contributed by atoms with Gasteiger partial charge in [-0.05, 0) is 18.6 Å². The maximum atomic E-state index is 13.9. The second kappa shape index (κ2) is 7.08. The number of nitrogens with zero attached hydrogens (tertiary/aromatic N) is 5. The van der Waals surface area contributed by atoms with Gasteiger partial charge in [-0.2, -0.15) is 22.7 Å². The van der Waals surface area contributed by atoms with E-state index in [1.165, 1.54) is 6.20 Å². The van der Waals surface area contributed by atoms with Gasteiger partial charge in [0, 0.05) is 24.8 Å². The summed E-state index contributed by atoms with van der Waals surface area (Å²) in [7, 11) is 0. The lowest BCUT2D eigenvalue weighted by Crippen LogP contribution is -2.47. The smallest absolute Gasteiger partial charge is 0.453 e. The molecule has 1 N–H and O–H groups in total. The van der Waals surface area contributed by atoms with Gasteiger partial charge in [-0.15, -0.1) is 5.10 Å². The van der Waals surface area contributed by atoms with Crippen molar-refractivity contribution in [2.75, 3.05) is 25.0 Å². The van der Waals surface area contributed by atoms with Gasteiger partial charge < -0.3 is 10.1 Å². The normalized spacial score (nSPS) is 24.6. The van der Waals surface area contributed by atoms with Crippen molar-refractivity contribution in [3.05, 3.63) is 47.9 Å². The van der Waals surface area contributed by atoms with Gasteiger partial charge in [0.05, 0.1) is 12.1 Å². The molecule has 1 fully saturated rings. The van der Waals surface area contributed by atoms with Crippen LogP contribution in [0, 0.1) is 0 Å². The minimum absolute atomic E-state index is 0.158. The van der Waals surface area contributed by atoms with E-state index >= 15 is 0 Å². The molecule has 0 saturated carbocycles. The fourth-order valence-corrected chi connectivity index (χ4v) is 4.06. The molecule has 3 atom stereocenters. The number of hydrogen-bond acceptors (Lipinski definition) is 6. The van der Waals surface area contributed by atoms with Gasteiger partial charge in [-0.1, -0.05) is 18.2 Å². The van der Waals surface area contributed by atoms with Crippen molar-refractivity contribution in [3.63, 3.8) is 0 Å². The van der Waals surface area contributed by atoms with Crippen LogP contribution >= 0.6 is 0 Å². The molecule has 0 unspecified atom stereocenters. The summed E-state index contributed by atoms with van der Waals surface area (Å²) in [6.45, 7) is 1.21. The Hall–Kier alpha value is -2.95. The van der Waals surface area contributed by atoms with Crippen LogP contribution in [0.4, 0.5) is 23.4 Å². The van der Waals surface area contributed by atoms with Gasteiger partial charge in [0.2, 0.25) is 0 Å². The van der Waals surface area contributed by atoms with Crippen LogP contribution in [0.25, 0.3) is 5.78 Å². The zero-order valence-corrected chi connectivity index (χ0v) is 15.7. The van der Waals surface area contributed by atoms with Crippen LogP contribution in [-0.4, -0.2) is 56.4 Å². The fourth-order valence-electron chi connectivity index (χ4n) is 4.06. The number of hydrogen-bond donors (Lipinski definition) is 1. The Bertz CT molecular complexity index is 1070. The highest BCUT2D eigenvalue weighted by Gasteiger charge is 2.39. The van der Waals surface area contributed by atoms with E-state index in [-0.39, 0.29) is 17.9 Å². The summed E-state index contributed by atoms with van der Waals surface area (Å²) < 4.78 is 60.0. The molecule has 11 heteroatoms. The molecule has 2 aliphatic rings. The van der Waals surface area contributed by atoms with Gasteiger partial charge in [-0.25, -0.2) is 9.37 Å². The topological polar surface area (TPSA) is 67.6 Å². The summed E-state index contributed by atoms with van der Waals surface area (Å²) in [5, 5.41) is 6.89. The summed E-state index contributed by atoms with van der Waals surface area (Å²) in [6.07, 6.45) is -3.76. The summed E-state index contributed by atoms with van der Waals surface area (Å²) in [5.41, 5.74) is 0.845. The van der Waals surface area contributed by atoms with E-state index in [1.54, 1.807) is 6.07 Å².